The van der Waals surface area contributed by atoms with Crippen molar-refractivity contribution in [2.75, 3.05) is 0 Å². The molecule has 6 aromatic rings. The van der Waals surface area contributed by atoms with Gasteiger partial charge in [0.1, 0.15) is 0 Å². The second-order valence-electron chi connectivity index (χ2n) is 23.3. The van der Waals surface area contributed by atoms with Crippen molar-refractivity contribution in [3.63, 3.8) is 0 Å². The first-order valence-electron chi connectivity index (χ1n) is 24.1. The summed E-state index contributed by atoms with van der Waals surface area (Å²) in [5.74, 6) is 0. The molecule has 0 heteroatoms. The highest BCUT2D eigenvalue weighted by molar-refractivity contribution is 6.24. The summed E-state index contributed by atoms with van der Waals surface area (Å²) in [7, 11) is 0. The van der Waals surface area contributed by atoms with Crippen LogP contribution in [0.5, 0.6) is 0 Å². The Hall–Kier alpha value is -4.68. The smallest absolute Gasteiger partial charge is 0.000719 e. The van der Waals surface area contributed by atoms with Crippen LogP contribution in [0.25, 0.3) is 66.8 Å². The second kappa shape index (κ2) is 14.4. The third kappa shape index (κ3) is 6.51. The summed E-state index contributed by atoms with van der Waals surface area (Å²) >= 11 is 0. The largest absolute Gasteiger partial charge is 0.0616 e. The van der Waals surface area contributed by atoms with E-state index in [0.717, 1.165) is 38.5 Å². The van der Waals surface area contributed by atoms with E-state index in [1.807, 2.05) is 0 Å². The Balaban J connectivity index is 1.69. The first-order chi connectivity index (χ1) is 29.1. The minimum absolute atomic E-state index is 0.0690. The van der Waals surface area contributed by atoms with Crippen LogP contribution in [0, 0.1) is 0 Å². The second-order valence-corrected chi connectivity index (χ2v) is 23.3. The predicted octanol–water partition coefficient (Wildman–Crippen LogP) is 17.2. The molecule has 0 saturated heterocycles. The van der Waals surface area contributed by atoms with Gasteiger partial charge in [-0.3, -0.25) is 0 Å². The Kier molecular flexibility index (Phi) is 9.91. The van der Waals surface area contributed by atoms with E-state index in [9.17, 15) is 0 Å². The third-order valence-corrected chi connectivity index (χ3v) is 14.7. The molecule has 0 bridgehead atoms. The zero-order valence-corrected chi connectivity index (χ0v) is 41.2. The molecule has 3 aliphatic carbocycles. The van der Waals surface area contributed by atoms with Gasteiger partial charge in [0, 0.05) is 0 Å². The number of fused-ring (bicyclic) bond motifs is 17. The van der Waals surface area contributed by atoms with Crippen LogP contribution in [0.1, 0.15) is 178 Å². The van der Waals surface area contributed by atoms with Crippen LogP contribution in [0.4, 0.5) is 0 Å². The number of benzene rings is 6. The van der Waals surface area contributed by atoms with E-state index in [4.69, 9.17) is 0 Å². The van der Waals surface area contributed by atoms with Crippen LogP contribution >= 0.6 is 0 Å². The molecule has 0 aliphatic heterocycles. The van der Waals surface area contributed by atoms with Gasteiger partial charge < -0.3 is 0 Å². The van der Waals surface area contributed by atoms with Crippen LogP contribution in [0.15, 0.2) is 72.8 Å². The zero-order chi connectivity index (χ0) is 44.6. The average Bonchev–Trinajstić information content (AvgIpc) is 3.42. The molecule has 3 aliphatic rings. The highest BCUT2D eigenvalue weighted by Gasteiger charge is 2.44. The van der Waals surface area contributed by atoms with Crippen molar-refractivity contribution in [3.8, 4) is 66.8 Å². The van der Waals surface area contributed by atoms with E-state index in [1.165, 1.54) is 134 Å². The number of hydrogen-bond donors (Lipinski definition) is 0. The molecule has 6 aromatic carbocycles. The number of rotatable bonds is 4. The maximum atomic E-state index is 2.61. The number of aryl methyl sites for hydroxylation is 4. The van der Waals surface area contributed by atoms with Crippen LogP contribution in [0.3, 0.4) is 0 Å². The lowest BCUT2D eigenvalue weighted by Crippen LogP contribution is -2.19. The molecule has 0 atom stereocenters. The fourth-order valence-corrected chi connectivity index (χ4v) is 11.5. The van der Waals surface area contributed by atoms with Gasteiger partial charge in [-0.05, 0) is 194 Å². The van der Waals surface area contributed by atoms with Gasteiger partial charge in [-0.25, -0.2) is 0 Å². The van der Waals surface area contributed by atoms with Crippen LogP contribution in [0.2, 0.25) is 0 Å². The minimum atomic E-state index is -0.0881. The average molecular weight is 817 g/mol. The molecule has 0 nitrogen and oxygen atoms in total. The third-order valence-electron chi connectivity index (χ3n) is 14.7. The van der Waals surface area contributed by atoms with E-state index in [1.54, 1.807) is 0 Å². The van der Waals surface area contributed by atoms with Crippen LogP contribution < -0.4 is 0 Å². The van der Waals surface area contributed by atoms with E-state index in [2.05, 4.69) is 184 Å². The lowest BCUT2D eigenvalue weighted by Gasteiger charge is -2.39. The van der Waals surface area contributed by atoms with Crippen molar-refractivity contribution in [1.29, 1.82) is 0 Å². The number of hydrogen-bond acceptors (Lipinski definition) is 0. The fourth-order valence-electron chi connectivity index (χ4n) is 11.5. The Morgan fingerprint density at radius 3 is 0.742 bits per heavy atom. The van der Waals surface area contributed by atoms with Gasteiger partial charge in [0.2, 0.25) is 0 Å². The van der Waals surface area contributed by atoms with Crippen LogP contribution in [-0.4, -0.2) is 0 Å². The first kappa shape index (κ1) is 42.6. The van der Waals surface area contributed by atoms with Crippen LogP contribution in [-0.2, 0) is 60.2 Å². The van der Waals surface area contributed by atoms with E-state index in [-0.39, 0.29) is 21.7 Å². The van der Waals surface area contributed by atoms with Crippen molar-refractivity contribution in [2.45, 2.75) is 171 Å². The molecule has 0 spiro atoms. The Bertz CT molecular complexity index is 2640. The molecule has 0 heterocycles. The molecule has 0 fully saturated rings. The Morgan fingerprint density at radius 2 is 0.532 bits per heavy atom. The molecule has 0 unspecified atom stereocenters. The summed E-state index contributed by atoms with van der Waals surface area (Å²) in [6.45, 7) is 38.9. The lowest BCUT2D eigenvalue weighted by atomic mass is 9.64. The van der Waals surface area contributed by atoms with Gasteiger partial charge in [-0.1, -0.05) is 184 Å². The lowest BCUT2D eigenvalue weighted by molar-refractivity contribution is 0.589. The maximum absolute atomic E-state index is 2.61. The standard InChI is InChI=1S/C62H72/c1-17-35-25-39-33-41-27-37(19-3)31-47(61(11,12)13)51(41)57-55(49(39)45(29-35)59(5,6)7)53-43-23-21-22-24-44(43)54(53)56-50-40(26-36(18-2)30-46(50)60(8,9)10)34-42-28-38(20-4)32-48(62(14,15)16)52(42)58(56)57/h21-32H,17-20,33-34H2,1-16H3. The molecule has 320 valence electrons. The Labute approximate surface area is 375 Å². The van der Waals surface area contributed by atoms with Crippen molar-refractivity contribution < 1.29 is 0 Å². The van der Waals surface area contributed by atoms with E-state index < -0.39 is 0 Å². The summed E-state index contributed by atoms with van der Waals surface area (Å²) in [5.41, 5.74) is 34.9. The molecule has 0 saturated carbocycles. The van der Waals surface area contributed by atoms with Gasteiger partial charge in [0.05, 0.1) is 0 Å². The highest BCUT2D eigenvalue weighted by Crippen LogP contribution is 2.67. The van der Waals surface area contributed by atoms with Gasteiger partial charge in [-0.15, -0.1) is 0 Å². The van der Waals surface area contributed by atoms with Gasteiger partial charge in [0.25, 0.3) is 0 Å². The maximum Gasteiger partial charge on any atom is -0.000719 e. The molecular weight excluding hydrogens is 745 g/mol. The van der Waals surface area contributed by atoms with Crippen molar-refractivity contribution in [2.24, 2.45) is 0 Å². The minimum Gasteiger partial charge on any atom is -0.0616 e. The van der Waals surface area contributed by atoms with E-state index >= 15 is 0 Å². The van der Waals surface area contributed by atoms with Gasteiger partial charge in [0.15, 0.2) is 0 Å². The summed E-state index contributed by atoms with van der Waals surface area (Å²) in [6.07, 6.45) is 5.95. The molecule has 62 heavy (non-hydrogen) atoms. The monoisotopic (exact) mass is 817 g/mol. The molecule has 0 radical (unpaired) electrons. The quantitative estimate of drug-likeness (QED) is 0.166. The predicted molar refractivity (Wildman–Crippen MR) is 271 cm³/mol. The summed E-state index contributed by atoms with van der Waals surface area (Å²) in [4.78, 5) is 0. The fraction of sp³-hybridized carbons (Fsp3) is 0.419. The topological polar surface area (TPSA) is 0 Å². The molecular formula is C62H72. The van der Waals surface area contributed by atoms with E-state index in [0.29, 0.717) is 0 Å². The summed E-state index contributed by atoms with van der Waals surface area (Å²) in [6, 6.07) is 30.2. The van der Waals surface area contributed by atoms with Crippen molar-refractivity contribution in [3.05, 3.63) is 140 Å². The zero-order valence-electron chi connectivity index (χ0n) is 41.2. The normalized spacial score (nSPS) is 13.9. The van der Waals surface area contributed by atoms with Gasteiger partial charge in [-0.2, -0.15) is 0 Å². The molecule has 0 aromatic heterocycles. The summed E-state index contributed by atoms with van der Waals surface area (Å²) < 4.78 is 0. The molecule has 0 amide bonds. The Morgan fingerprint density at radius 1 is 0.306 bits per heavy atom. The first-order valence-corrected chi connectivity index (χ1v) is 24.1. The molecule has 9 rings (SSSR count). The summed E-state index contributed by atoms with van der Waals surface area (Å²) in [5, 5.41) is 0. The van der Waals surface area contributed by atoms with Gasteiger partial charge >= 0.3 is 0 Å². The molecule has 0 N–H and O–H groups in total. The van der Waals surface area contributed by atoms with Crippen molar-refractivity contribution in [1.82, 2.24) is 0 Å². The van der Waals surface area contributed by atoms with Crippen molar-refractivity contribution >= 4 is 0 Å². The SMILES string of the molecule is CCc1cc2c(c(C(C)(C)C)c1)-c1c3c(c4c(c1-c1c(cc(CC)cc1C(C)(C)C)C2)-c1c(cc(CC)cc1C(C)(C)C)Cc1cc(CC)cc(C(C)(C)C)c1-4)-c1ccccc1-3. The highest BCUT2D eigenvalue weighted by atomic mass is 14.5.